The summed E-state index contributed by atoms with van der Waals surface area (Å²) in [7, 11) is 1.68. The number of ether oxygens (including phenoxy) is 1. The third kappa shape index (κ3) is 8.28. The smallest absolute Gasteiger partial charge is 0.238 e. The van der Waals surface area contributed by atoms with Gasteiger partial charge in [-0.1, -0.05) is 42.5 Å². The number of carbonyl (C=O) groups excluding carboxylic acids is 2. The van der Waals surface area contributed by atoms with Gasteiger partial charge in [0.25, 0.3) is 0 Å². The first kappa shape index (κ1) is 30.4. The van der Waals surface area contributed by atoms with Crippen LogP contribution in [0.1, 0.15) is 29.5 Å². The summed E-state index contributed by atoms with van der Waals surface area (Å²) < 4.78 is 5.44. The molecule has 43 heavy (non-hydrogen) atoms. The van der Waals surface area contributed by atoms with Crippen molar-refractivity contribution in [2.75, 3.05) is 50.1 Å². The highest BCUT2D eigenvalue weighted by Crippen LogP contribution is 2.26. The van der Waals surface area contributed by atoms with Crippen molar-refractivity contribution in [3.05, 3.63) is 94.3 Å². The number of thiazole rings is 1. The molecule has 0 bridgehead atoms. The lowest BCUT2D eigenvalue weighted by Crippen LogP contribution is -2.39. The number of fused-ring (bicyclic) bond motifs is 1. The molecule has 1 aliphatic heterocycles. The second kappa shape index (κ2) is 14.4. The molecule has 224 valence electrons. The van der Waals surface area contributed by atoms with E-state index < -0.39 is 0 Å². The summed E-state index contributed by atoms with van der Waals surface area (Å²) in [5, 5.41) is 6.14. The number of methoxy groups -OCH3 is 1. The minimum atomic E-state index is -0.0817. The second-order valence-electron chi connectivity index (χ2n) is 10.9. The van der Waals surface area contributed by atoms with Gasteiger partial charge in [0.05, 0.1) is 24.4 Å². The molecule has 0 aliphatic carbocycles. The van der Waals surface area contributed by atoms with Gasteiger partial charge >= 0.3 is 0 Å². The molecule has 0 radical (unpaired) electrons. The van der Waals surface area contributed by atoms with E-state index >= 15 is 0 Å². The predicted molar refractivity (Wildman–Crippen MR) is 174 cm³/mol. The van der Waals surface area contributed by atoms with E-state index in [1.807, 2.05) is 71.8 Å². The van der Waals surface area contributed by atoms with E-state index in [4.69, 9.17) is 4.74 Å². The molecule has 1 N–H and O–H groups in total. The third-order valence-electron chi connectivity index (χ3n) is 7.61. The summed E-state index contributed by atoms with van der Waals surface area (Å²) in [6.07, 6.45) is 0.840. The van der Waals surface area contributed by atoms with E-state index in [9.17, 15) is 9.59 Å². The molecule has 1 aliphatic rings. The SMILES string of the molecule is COc1cccc(CN2CCCN(C(C)=O)c3ccccc3CN(CC(=O)Nc3cccc(-c4csc(C)n4)c3)CC2)c1. The molecular weight excluding hydrogens is 558 g/mol. The van der Waals surface area contributed by atoms with Crippen LogP contribution in [0.25, 0.3) is 11.3 Å². The van der Waals surface area contributed by atoms with E-state index in [-0.39, 0.29) is 18.4 Å². The zero-order valence-electron chi connectivity index (χ0n) is 25.1. The Hall–Kier alpha value is -4.05. The average molecular weight is 598 g/mol. The van der Waals surface area contributed by atoms with Gasteiger partial charge in [-0.25, -0.2) is 4.98 Å². The zero-order chi connectivity index (χ0) is 30.2. The lowest BCUT2D eigenvalue weighted by Gasteiger charge is -2.27. The quantitative estimate of drug-likeness (QED) is 0.289. The number of carbonyl (C=O) groups is 2. The molecule has 0 fully saturated rings. The number of hydrogen-bond acceptors (Lipinski definition) is 7. The van der Waals surface area contributed by atoms with Crippen molar-refractivity contribution in [2.45, 2.75) is 33.4 Å². The van der Waals surface area contributed by atoms with Gasteiger partial charge in [-0.15, -0.1) is 11.3 Å². The van der Waals surface area contributed by atoms with Gasteiger partial charge in [-0.05, 0) is 54.8 Å². The fourth-order valence-corrected chi connectivity index (χ4v) is 6.12. The van der Waals surface area contributed by atoms with Gasteiger partial charge < -0.3 is 15.0 Å². The molecule has 5 rings (SSSR count). The van der Waals surface area contributed by atoms with Crippen LogP contribution in [0, 0.1) is 6.92 Å². The van der Waals surface area contributed by atoms with Crippen molar-refractivity contribution in [1.29, 1.82) is 0 Å². The number of rotatable bonds is 7. The van der Waals surface area contributed by atoms with Crippen LogP contribution in [0.2, 0.25) is 0 Å². The number of anilines is 2. The van der Waals surface area contributed by atoms with Crippen molar-refractivity contribution in [2.24, 2.45) is 0 Å². The van der Waals surface area contributed by atoms with Gasteiger partial charge in [0.15, 0.2) is 0 Å². The Kier molecular flexibility index (Phi) is 10.2. The van der Waals surface area contributed by atoms with Crippen molar-refractivity contribution < 1.29 is 14.3 Å². The minimum Gasteiger partial charge on any atom is -0.497 e. The summed E-state index contributed by atoms with van der Waals surface area (Å²) in [5.41, 5.74) is 5.74. The van der Waals surface area contributed by atoms with Crippen LogP contribution in [0.5, 0.6) is 5.75 Å². The number of para-hydroxylation sites is 1. The maximum absolute atomic E-state index is 13.4. The number of benzene rings is 3. The topological polar surface area (TPSA) is 78.0 Å². The first-order valence-corrected chi connectivity index (χ1v) is 15.5. The van der Waals surface area contributed by atoms with Gasteiger partial charge in [0.1, 0.15) is 5.75 Å². The largest absolute Gasteiger partial charge is 0.497 e. The predicted octanol–water partition coefficient (Wildman–Crippen LogP) is 5.83. The molecule has 8 nitrogen and oxygen atoms in total. The van der Waals surface area contributed by atoms with Crippen LogP contribution in [0.15, 0.2) is 78.2 Å². The number of hydrogen-bond donors (Lipinski definition) is 1. The molecule has 0 saturated carbocycles. The summed E-state index contributed by atoms with van der Waals surface area (Å²) in [5.74, 6) is 0.771. The number of amides is 2. The molecule has 0 spiro atoms. The zero-order valence-corrected chi connectivity index (χ0v) is 25.9. The van der Waals surface area contributed by atoms with E-state index in [0.29, 0.717) is 19.6 Å². The Labute approximate surface area is 257 Å². The highest BCUT2D eigenvalue weighted by molar-refractivity contribution is 7.09. The van der Waals surface area contributed by atoms with Gasteiger partial charge in [0.2, 0.25) is 11.8 Å². The molecule has 1 aromatic heterocycles. The number of nitrogens with one attached hydrogen (secondary N) is 1. The lowest BCUT2D eigenvalue weighted by molar-refractivity contribution is -0.118. The normalized spacial score (nSPS) is 14.9. The van der Waals surface area contributed by atoms with Crippen molar-refractivity contribution in [3.63, 3.8) is 0 Å². The molecule has 2 amide bonds. The summed E-state index contributed by atoms with van der Waals surface area (Å²) >= 11 is 1.61. The van der Waals surface area contributed by atoms with Crippen LogP contribution < -0.4 is 15.0 Å². The monoisotopic (exact) mass is 597 g/mol. The first-order valence-electron chi connectivity index (χ1n) is 14.6. The Morgan fingerprint density at radius 2 is 1.77 bits per heavy atom. The van der Waals surface area contributed by atoms with Crippen LogP contribution in [0.3, 0.4) is 0 Å². The molecule has 0 atom stereocenters. The number of aromatic nitrogens is 1. The molecule has 0 saturated heterocycles. The van der Waals surface area contributed by atoms with Gasteiger partial charge in [0, 0.05) is 68.5 Å². The fraction of sp³-hybridized carbons (Fsp3) is 0.324. The molecular formula is C34H39N5O3S. The first-order chi connectivity index (χ1) is 20.9. The number of nitrogens with zero attached hydrogens (tertiary/aromatic N) is 4. The standard InChI is InChI=1S/C34H39N5O3S/c1-25-35-32(24-43-25)28-11-7-12-30(20-28)36-34(41)23-38-18-17-37(21-27-9-6-13-31(19-27)42-3)15-8-16-39(26(2)40)33-14-5-4-10-29(33)22-38/h4-7,9-14,19-20,24H,8,15-18,21-23H2,1-3H3,(H,36,41). The van der Waals surface area contributed by atoms with E-state index in [2.05, 4.69) is 38.3 Å². The van der Waals surface area contributed by atoms with Crippen LogP contribution in [-0.4, -0.2) is 66.4 Å². The summed E-state index contributed by atoms with van der Waals surface area (Å²) in [4.78, 5) is 37.2. The molecule has 2 heterocycles. The number of aryl methyl sites for hydroxylation is 1. The Bertz CT molecular complexity index is 1550. The minimum absolute atomic E-state index is 0.0190. The maximum atomic E-state index is 13.4. The lowest BCUT2D eigenvalue weighted by atomic mass is 10.1. The summed E-state index contributed by atoms with van der Waals surface area (Å²) in [6, 6.07) is 24.0. The van der Waals surface area contributed by atoms with E-state index in [1.54, 1.807) is 25.4 Å². The molecule has 9 heteroatoms. The van der Waals surface area contributed by atoms with Crippen LogP contribution >= 0.6 is 11.3 Å². The molecule has 4 aromatic rings. The Morgan fingerprint density at radius 1 is 0.953 bits per heavy atom. The van der Waals surface area contributed by atoms with Gasteiger partial charge in [-0.3, -0.25) is 19.4 Å². The third-order valence-corrected chi connectivity index (χ3v) is 8.39. The average Bonchev–Trinajstić information content (AvgIpc) is 3.43. The van der Waals surface area contributed by atoms with Crippen molar-refractivity contribution in [1.82, 2.24) is 14.8 Å². The highest BCUT2D eigenvalue weighted by Gasteiger charge is 2.21. The van der Waals surface area contributed by atoms with E-state index in [0.717, 1.165) is 65.0 Å². The Morgan fingerprint density at radius 3 is 2.56 bits per heavy atom. The Balaban J connectivity index is 1.35. The van der Waals surface area contributed by atoms with Crippen LogP contribution in [-0.2, 0) is 22.7 Å². The second-order valence-corrected chi connectivity index (χ2v) is 11.9. The summed E-state index contributed by atoms with van der Waals surface area (Å²) in [6.45, 7) is 8.09. The van der Waals surface area contributed by atoms with E-state index in [1.165, 1.54) is 5.56 Å². The maximum Gasteiger partial charge on any atom is 0.238 e. The van der Waals surface area contributed by atoms with Crippen molar-refractivity contribution >= 4 is 34.5 Å². The highest BCUT2D eigenvalue weighted by atomic mass is 32.1. The van der Waals surface area contributed by atoms with Crippen molar-refractivity contribution in [3.8, 4) is 17.0 Å². The molecule has 0 unspecified atom stereocenters. The van der Waals surface area contributed by atoms with Crippen LogP contribution in [0.4, 0.5) is 11.4 Å². The van der Waals surface area contributed by atoms with Gasteiger partial charge in [-0.2, -0.15) is 0 Å². The molecule has 3 aromatic carbocycles. The fourth-order valence-electron chi connectivity index (χ4n) is 5.50.